The topological polar surface area (TPSA) is 73.2 Å². The van der Waals surface area contributed by atoms with Crippen LogP contribution in [0.2, 0.25) is 0 Å². The van der Waals surface area contributed by atoms with Crippen molar-refractivity contribution in [3.63, 3.8) is 0 Å². The van der Waals surface area contributed by atoms with Crippen LogP contribution < -0.4 is 15.6 Å². The van der Waals surface area contributed by atoms with Gasteiger partial charge >= 0.3 is 0 Å². The average molecular weight is 403 g/mol. The van der Waals surface area contributed by atoms with E-state index in [1.54, 1.807) is 49.4 Å². The first kappa shape index (κ1) is 19.3. The second kappa shape index (κ2) is 7.79. The third kappa shape index (κ3) is 3.41. The number of carbonyl (C=O) groups excluding carboxylic acids is 1. The number of amides is 1. The number of hydrogen-bond acceptors (Lipinski definition) is 4. The summed E-state index contributed by atoms with van der Waals surface area (Å²) < 4.78 is 20.8. The monoisotopic (exact) mass is 403 g/mol. The molecule has 0 fully saturated rings. The molecule has 6 nitrogen and oxygen atoms in total. The largest absolute Gasteiger partial charge is 0.494 e. The lowest BCUT2D eigenvalue weighted by Gasteiger charge is -2.15. The van der Waals surface area contributed by atoms with Gasteiger partial charge in [0, 0.05) is 6.07 Å². The number of methoxy groups -OCH3 is 1. The summed E-state index contributed by atoms with van der Waals surface area (Å²) in [6.45, 7) is 1.74. The van der Waals surface area contributed by atoms with Crippen molar-refractivity contribution in [3.8, 4) is 11.4 Å². The fraction of sp³-hybridized carbons (Fsp3) is 0.0870. The third-order valence-electron chi connectivity index (χ3n) is 4.75. The van der Waals surface area contributed by atoms with Crippen LogP contribution in [-0.2, 0) is 0 Å². The Kier molecular flexibility index (Phi) is 5.02. The SMILES string of the molecule is COc1cc(-n2c(C)nc3ccccc3c2=O)ccc1NC(=O)c1ccccc1F. The molecule has 0 bridgehead atoms. The number of para-hydroxylation sites is 1. The predicted octanol–water partition coefficient (Wildman–Crippen LogP) is 4.09. The summed E-state index contributed by atoms with van der Waals surface area (Å²) in [7, 11) is 1.45. The molecule has 0 aliphatic carbocycles. The van der Waals surface area contributed by atoms with E-state index < -0.39 is 11.7 Å². The van der Waals surface area contributed by atoms with Gasteiger partial charge in [0.05, 0.1) is 35.0 Å². The summed E-state index contributed by atoms with van der Waals surface area (Å²) in [6.07, 6.45) is 0. The summed E-state index contributed by atoms with van der Waals surface area (Å²) in [5.74, 6) is -0.365. The molecule has 0 saturated carbocycles. The van der Waals surface area contributed by atoms with Crippen LogP contribution in [0.1, 0.15) is 16.2 Å². The minimum Gasteiger partial charge on any atom is -0.494 e. The highest BCUT2D eigenvalue weighted by atomic mass is 19.1. The lowest BCUT2D eigenvalue weighted by atomic mass is 10.2. The summed E-state index contributed by atoms with van der Waals surface area (Å²) in [5, 5.41) is 3.15. The number of nitrogens with one attached hydrogen (secondary N) is 1. The number of fused-ring (bicyclic) bond motifs is 1. The zero-order chi connectivity index (χ0) is 21.3. The van der Waals surface area contributed by atoms with Gasteiger partial charge in [0.25, 0.3) is 11.5 Å². The maximum Gasteiger partial charge on any atom is 0.265 e. The average Bonchev–Trinajstić information content (AvgIpc) is 2.75. The standard InChI is InChI=1S/C23H18FN3O3/c1-14-25-19-10-6-4-8-17(19)23(29)27(14)15-11-12-20(21(13-15)30-2)26-22(28)16-7-3-5-9-18(16)24/h3-13H,1-2H3,(H,26,28). The fourth-order valence-electron chi connectivity index (χ4n) is 3.31. The van der Waals surface area contributed by atoms with Gasteiger partial charge in [-0.1, -0.05) is 24.3 Å². The molecule has 30 heavy (non-hydrogen) atoms. The molecular formula is C23H18FN3O3. The maximum atomic E-state index is 13.9. The quantitative estimate of drug-likeness (QED) is 0.557. The molecule has 0 unspecified atom stereocenters. The highest BCUT2D eigenvalue weighted by Gasteiger charge is 2.16. The van der Waals surface area contributed by atoms with Crippen LogP contribution in [0.4, 0.5) is 10.1 Å². The number of benzene rings is 3. The van der Waals surface area contributed by atoms with Gasteiger partial charge in [-0.15, -0.1) is 0 Å². The van der Waals surface area contributed by atoms with E-state index in [1.165, 1.54) is 29.9 Å². The van der Waals surface area contributed by atoms with Gasteiger partial charge < -0.3 is 10.1 Å². The highest BCUT2D eigenvalue weighted by Crippen LogP contribution is 2.28. The van der Waals surface area contributed by atoms with Crippen molar-refractivity contribution in [2.45, 2.75) is 6.92 Å². The minimum absolute atomic E-state index is 0.0746. The van der Waals surface area contributed by atoms with E-state index in [0.717, 1.165) is 0 Å². The Balaban J connectivity index is 1.75. The summed E-state index contributed by atoms with van der Waals surface area (Å²) in [4.78, 5) is 29.9. The second-order valence-corrected chi connectivity index (χ2v) is 6.64. The lowest BCUT2D eigenvalue weighted by molar-refractivity contribution is 0.102. The molecule has 0 aliphatic heterocycles. The smallest absolute Gasteiger partial charge is 0.265 e. The Hall–Kier alpha value is -4.00. The molecule has 1 heterocycles. The van der Waals surface area contributed by atoms with E-state index in [4.69, 9.17) is 4.74 Å². The molecule has 0 spiro atoms. The molecule has 4 aromatic rings. The number of anilines is 1. The van der Waals surface area contributed by atoms with Crippen LogP contribution in [0.15, 0.2) is 71.5 Å². The van der Waals surface area contributed by atoms with Gasteiger partial charge in [0.1, 0.15) is 17.4 Å². The Bertz CT molecular complexity index is 1330. The summed E-state index contributed by atoms with van der Waals surface area (Å²) in [6, 6.07) is 17.7. The number of aromatic nitrogens is 2. The molecule has 1 aromatic heterocycles. The Labute approximate surface area is 171 Å². The summed E-state index contributed by atoms with van der Waals surface area (Å²) in [5.41, 5.74) is 1.24. The summed E-state index contributed by atoms with van der Waals surface area (Å²) >= 11 is 0. The van der Waals surface area contributed by atoms with Crippen molar-refractivity contribution in [1.29, 1.82) is 0 Å². The number of rotatable bonds is 4. The first-order valence-corrected chi connectivity index (χ1v) is 9.22. The Morgan fingerprint density at radius 1 is 1.07 bits per heavy atom. The zero-order valence-electron chi connectivity index (χ0n) is 16.3. The van der Waals surface area contributed by atoms with Gasteiger partial charge in [-0.2, -0.15) is 0 Å². The molecule has 3 aromatic carbocycles. The van der Waals surface area contributed by atoms with Gasteiger partial charge in [0.2, 0.25) is 0 Å². The molecule has 7 heteroatoms. The van der Waals surface area contributed by atoms with Crippen LogP contribution in [-0.4, -0.2) is 22.6 Å². The number of carbonyl (C=O) groups is 1. The second-order valence-electron chi connectivity index (χ2n) is 6.64. The minimum atomic E-state index is -0.616. The van der Waals surface area contributed by atoms with Crippen LogP contribution in [0.5, 0.6) is 5.75 Å². The Morgan fingerprint density at radius 2 is 1.80 bits per heavy atom. The number of nitrogens with zero attached hydrogens (tertiary/aromatic N) is 2. The molecule has 4 rings (SSSR count). The molecule has 1 amide bonds. The zero-order valence-corrected chi connectivity index (χ0v) is 16.3. The number of aryl methyl sites for hydroxylation is 1. The number of ether oxygens (including phenoxy) is 1. The number of halogens is 1. The highest BCUT2D eigenvalue weighted by molar-refractivity contribution is 6.05. The van der Waals surface area contributed by atoms with Gasteiger partial charge in [-0.25, -0.2) is 9.37 Å². The van der Waals surface area contributed by atoms with Crippen LogP contribution in [0, 0.1) is 12.7 Å². The van der Waals surface area contributed by atoms with E-state index in [1.807, 2.05) is 6.07 Å². The third-order valence-corrected chi connectivity index (χ3v) is 4.75. The van der Waals surface area contributed by atoms with Gasteiger partial charge in [-0.05, 0) is 43.3 Å². The molecule has 0 saturated heterocycles. The molecule has 1 N–H and O–H groups in total. The van der Waals surface area contributed by atoms with E-state index >= 15 is 0 Å². The van der Waals surface area contributed by atoms with Crippen LogP contribution in [0.25, 0.3) is 16.6 Å². The first-order chi connectivity index (χ1) is 14.5. The lowest BCUT2D eigenvalue weighted by Crippen LogP contribution is -2.22. The molecule has 0 atom stereocenters. The van der Waals surface area contributed by atoms with Crippen LogP contribution in [0.3, 0.4) is 0 Å². The van der Waals surface area contributed by atoms with E-state index in [-0.39, 0.29) is 11.1 Å². The van der Waals surface area contributed by atoms with E-state index in [9.17, 15) is 14.0 Å². The van der Waals surface area contributed by atoms with Crippen molar-refractivity contribution in [2.75, 3.05) is 12.4 Å². The van der Waals surface area contributed by atoms with E-state index in [0.29, 0.717) is 33.9 Å². The fourth-order valence-corrected chi connectivity index (χ4v) is 3.31. The molecule has 150 valence electrons. The normalized spacial score (nSPS) is 10.8. The predicted molar refractivity (Wildman–Crippen MR) is 113 cm³/mol. The van der Waals surface area contributed by atoms with Gasteiger partial charge in [-0.3, -0.25) is 14.2 Å². The molecular weight excluding hydrogens is 385 g/mol. The Morgan fingerprint density at radius 3 is 2.57 bits per heavy atom. The molecule has 0 aliphatic rings. The molecule has 0 radical (unpaired) electrons. The van der Waals surface area contributed by atoms with Crippen molar-refractivity contribution in [2.24, 2.45) is 0 Å². The van der Waals surface area contributed by atoms with E-state index in [2.05, 4.69) is 10.3 Å². The van der Waals surface area contributed by atoms with Crippen LogP contribution >= 0.6 is 0 Å². The van der Waals surface area contributed by atoms with Crippen molar-refractivity contribution < 1.29 is 13.9 Å². The maximum absolute atomic E-state index is 13.9. The first-order valence-electron chi connectivity index (χ1n) is 9.22. The van der Waals surface area contributed by atoms with Crippen molar-refractivity contribution in [3.05, 3.63) is 94.3 Å². The van der Waals surface area contributed by atoms with Crippen molar-refractivity contribution in [1.82, 2.24) is 9.55 Å². The van der Waals surface area contributed by atoms with Gasteiger partial charge in [0.15, 0.2) is 0 Å². The van der Waals surface area contributed by atoms with Crippen molar-refractivity contribution >= 4 is 22.5 Å². The number of hydrogen-bond donors (Lipinski definition) is 1.